The zero-order valence-corrected chi connectivity index (χ0v) is 13.2. The molecule has 0 saturated heterocycles. The Kier molecular flexibility index (Phi) is 5.32. The van der Waals surface area contributed by atoms with Gasteiger partial charge in [-0.25, -0.2) is 23.1 Å². The standard InChI is InChI=1S/C14H12BrO.ClHO4/c15-12-7-4-11(5-8-12)14-9-6-10-2-1-3-13(10)16-14;2-1(3,4)5/h4-9H,1-3H2;(H,2,3,4,5)/q+1;/p-1. The van der Waals surface area contributed by atoms with Crippen molar-refractivity contribution in [2.75, 3.05) is 0 Å². The average molecular weight is 376 g/mol. The molecule has 0 amide bonds. The molecule has 0 unspecified atom stereocenters. The van der Waals surface area contributed by atoms with E-state index < -0.39 is 10.2 Å². The van der Waals surface area contributed by atoms with Gasteiger partial charge in [-0.3, -0.25) is 0 Å². The molecule has 7 heteroatoms. The molecule has 21 heavy (non-hydrogen) atoms. The Balaban J connectivity index is 0.000000282. The highest BCUT2D eigenvalue weighted by atomic mass is 79.9. The molecule has 112 valence electrons. The summed E-state index contributed by atoms with van der Waals surface area (Å²) in [7, 11) is -4.94. The van der Waals surface area contributed by atoms with Gasteiger partial charge >= 0.3 is 11.5 Å². The Bertz CT molecular complexity index is 604. The lowest BCUT2D eigenvalue weighted by molar-refractivity contribution is -2.00. The van der Waals surface area contributed by atoms with E-state index in [2.05, 4.69) is 40.2 Å². The van der Waals surface area contributed by atoms with Crippen molar-refractivity contribution in [3.8, 4) is 11.3 Å². The average Bonchev–Trinajstić information content (AvgIpc) is 2.84. The molecule has 0 bridgehead atoms. The number of halogens is 2. The SMILES string of the molecule is Brc1ccc(-c2ccc3c([o+]2)CCC3)cc1.[O-][Cl+3]([O-])([O-])[O-]. The van der Waals surface area contributed by atoms with Gasteiger partial charge in [-0.1, -0.05) is 15.9 Å². The molecule has 0 fully saturated rings. The van der Waals surface area contributed by atoms with E-state index in [9.17, 15) is 0 Å². The van der Waals surface area contributed by atoms with E-state index in [0.717, 1.165) is 22.2 Å². The minimum Gasteiger partial charge on any atom is -0.222 e. The van der Waals surface area contributed by atoms with Crippen molar-refractivity contribution in [1.29, 1.82) is 0 Å². The maximum Gasteiger partial charge on any atom is 0.360 e. The molecule has 1 aliphatic rings. The van der Waals surface area contributed by atoms with Crippen molar-refractivity contribution in [2.24, 2.45) is 0 Å². The van der Waals surface area contributed by atoms with Crippen molar-refractivity contribution in [3.63, 3.8) is 0 Å². The van der Waals surface area contributed by atoms with E-state index in [4.69, 9.17) is 23.1 Å². The first-order chi connectivity index (χ1) is 9.83. The largest absolute Gasteiger partial charge is 0.360 e. The third-order valence-corrected chi connectivity index (χ3v) is 3.53. The van der Waals surface area contributed by atoms with Crippen LogP contribution in [-0.4, -0.2) is 0 Å². The summed E-state index contributed by atoms with van der Waals surface area (Å²) in [6, 6.07) is 12.5. The fourth-order valence-corrected chi connectivity index (χ4v) is 2.41. The molecule has 0 atom stereocenters. The summed E-state index contributed by atoms with van der Waals surface area (Å²) < 4.78 is 41.0. The molecule has 2 aromatic rings. The molecule has 0 N–H and O–H groups in total. The fraction of sp³-hybridized carbons (Fsp3) is 0.214. The van der Waals surface area contributed by atoms with E-state index in [-0.39, 0.29) is 0 Å². The van der Waals surface area contributed by atoms with Crippen molar-refractivity contribution < 1.29 is 33.3 Å². The monoisotopic (exact) mass is 374 g/mol. The van der Waals surface area contributed by atoms with E-state index >= 15 is 0 Å². The van der Waals surface area contributed by atoms with Crippen LogP contribution < -0.4 is 18.6 Å². The molecule has 1 aromatic carbocycles. The predicted molar refractivity (Wildman–Crippen MR) is 68.3 cm³/mol. The fourth-order valence-electron chi connectivity index (χ4n) is 2.14. The summed E-state index contributed by atoms with van der Waals surface area (Å²) in [5, 5.41) is 0. The van der Waals surface area contributed by atoms with Crippen LogP contribution in [0.2, 0.25) is 0 Å². The van der Waals surface area contributed by atoms with Crippen LogP contribution in [0.15, 0.2) is 45.3 Å². The quantitative estimate of drug-likeness (QED) is 0.638. The van der Waals surface area contributed by atoms with Crippen LogP contribution in [0.5, 0.6) is 0 Å². The van der Waals surface area contributed by atoms with Crippen molar-refractivity contribution in [1.82, 2.24) is 0 Å². The Morgan fingerprint density at radius 1 is 0.905 bits per heavy atom. The molecule has 1 aromatic heterocycles. The lowest BCUT2D eigenvalue weighted by Gasteiger charge is -2.17. The number of hydrogen-bond donors (Lipinski definition) is 0. The number of aryl methyl sites for hydroxylation is 2. The van der Waals surface area contributed by atoms with Crippen LogP contribution in [0.25, 0.3) is 11.3 Å². The molecule has 5 nitrogen and oxygen atoms in total. The lowest BCUT2D eigenvalue weighted by atomic mass is 10.1. The first-order valence-electron chi connectivity index (χ1n) is 6.15. The summed E-state index contributed by atoms with van der Waals surface area (Å²) in [6.07, 6.45) is 3.47. The minimum absolute atomic E-state index is 0.966. The summed E-state index contributed by atoms with van der Waals surface area (Å²) >= 11 is 3.44. The van der Waals surface area contributed by atoms with Crippen LogP contribution in [0.1, 0.15) is 17.7 Å². The van der Waals surface area contributed by atoms with Crippen molar-refractivity contribution >= 4 is 15.9 Å². The Labute approximate surface area is 132 Å². The third-order valence-electron chi connectivity index (χ3n) is 3.01. The second-order valence-electron chi connectivity index (χ2n) is 4.49. The molecule has 0 spiro atoms. The lowest BCUT2D eigenvalue weighted by Crippen LogP contribution is -2.68. The molecular formula is C14H12BrClO5. The van der Waals surface area contributed by atoms with Crippen LogP contribution in [0.3, 0.4) is 0 Å². The Morgan fingerprint density at radius 2 is 1.52 bits per heavy atom. The topological polar surface area (TPSA) is 104 Å². The molecule has 3 rings (SSSR count). The summed E-state index contributed by atoms with van der Waals surface area (Å²) in [5.74, 6) is 2.13. The highest BCUT2D eigenvalue weighted by Crippen LogP contribution is 2.28. The maximum absolute atomic E-state index is 8.49. The van der Waals surface area contributed by atoms with Crippen LogP contribution >= 0.6 is 15.9 Å². The number of fused-ring (bicyclic) bond motifs is 1. The zero-order chi connectivity index (χ0) is 15.5. The van der Waals surface area contributed by atoms with Crippen LogP contribution in [0, 0.1) is 10.2 Å². The minimum atomic E-state index is -4.94. The Morgan fingerprint density at radius 3 is 2.14 bits per heavy atom. The van der Waals surface area contributed by atoms with E-state index in [0.29, 0.717) is 0 Å². The van der Waals surface area contributed by atoms with Gasteiger partial charge < -0.3 is 0 Å². The second-order valence-corrected chi connectivity index (χ2v) is 6.16. The summed E-state index contributed by atoms with van der Waals surface area (Å²) in [5.41, 5.74) is 2.51. The van der Waals surface area contributed by atoms with Gasteiger partial charge in [0.25, 0.3) is 0 Å². The molecule has 0 radical (unpaired) electrons. The molecule has 1 heterocycles. The van der Waals surface area contributed by atoms with Gasteiger partial charge in [0.15, 0.2) is 0 Å². The highest BCUT2D eigenvalue weighted by molar-refractivity contribution is 9.10. The van der Waals surface area contributed by atoms with Gasteiger partial charge in [0, 0.05) is 10.5 Å². The van der Waals surface area contributed by atoms with E-state index in [1.165, 1.54) is 24.2 Å². The normalized spacial score (nSPS) is 13.4. The van der Waals surface area contributed by atoms with E-state index in [1.54, 1.807) is 0 Å². The molecule has 0 saturated carbocycles. The van der Waals surface area contributed by atoms with Crippen molar-refractivity contribution in [2.45, 2.75) is 19.3 Å². The number of benzene rings is 1. The predicted octanol–water partition coefficient (Wildman–Crippen LogP) is -0.277. The second kappa shape index (κ2) is 6.83. The Hall–Kier alpha value is -1.02. The summed E-state index contributed by atoms with van der Waals surface area (Å²) in [6.45, 7) is 0. The van der Waals surface area contributed by atoms with Crippen LogP contribution in [0.4, 0.5) is 0 Å². The molecular weight excluding hydrogens is 364 g/mol. The van der Waals surface area contributed by atoms with Crippen LogP contribution in [-0.2, 0) is 12.8 Å². The first kappa shape index (κ1) is 16.4. The molecule has 1 aliphatic carbocycles. The van der Waals surface area contributed by atoms with Gasteiger partial charge in [0.2, 0.25) is 0 Å². The van der Waals surface area contributed by atoms with Crippen molar-refractivity contribution in [3.05, 3.63) is 52.2 Å². The van der Waals surface area contributed by atoms with Gasteiger partial charge in [0.05, 0.1) is 17.5 Å². The van der Waals surface area contributed by atoms with E-state index in [1.807, 2.05) is 12.1 Å². The van der Waals surface area contributed by atoms with Gasteiger partial charge in [-0.05, 0) is 43.2 Å². The number of rotatable bonds is 1. The van der Waals surface area contributed by atoms with Gasteiger partial charge in [0.1, 0.15) is 0 Å². The molecule has 0 aliphatic heterocycles. The smallest absolute Gasteiger partial charge is 0.222 e. The zero-order valence-electron chi connectivity index (χ0n) is 10.9. The first-order valence-corrected chi connectivity index (χ1v) is 8.18. The third kappa shape index (κ3) is 5.35. The van der Waals surface area contributed by atoms with Gasteiger partial charge in [-0.15, -0.1) is 10.2 Å². The summed E-state index contributed by atoms with van der Waals surface area (Å²) in [4.78, 5) is 0. The maximum atomic E-state index is 8.49. The number of hydrogen-bond acceptors (Lipinski definition) is 4. The van der Waals surface area contributed by atoms with Gasteiger partial charge in [-0.2, -0.15) is 0 Å². The highest BCUT2D eigenvalue weighted by Gasteiger charge is 2.24.